The second kappa shape index (κ2) is 5.70. The average molecular weight is 296 g/mol. The summed E-state index contributed by atoms with van der Waals surface area (Å²) in [6.07, 6.45) is 2.02. The van der Waals surface area contributed by atoms with Crippen LogP contribution in [0.3, 0.4) is 0 Å². The van der Waals surface area contributed by atoms with E-state index in [2.05, 4.69) is 16.0 Å². The molecule has 1 aromatic heterocycles. The topological polar surface area (TPSA) is 96.2 Å². The lowest BCUT2D eigenvalue weighted by Crippen LogP contribution is -2.26. The highest BCUT2D eigenvalue weighted by atomic mass is 32.1. The van der Waals surface area contributed by atoms with Gasteiger partial charge in [-0.3, -0.25) is 9.59 Å². The molecule has 110 valence electrons. The summed E-state index contributed by atoms with van der Waals surface area (Å²) in [4.78, 5) is 24.5. The SMILES string of the molecule is CNC(=O)c1c(NC(C)C)sc(C(=O)NC2CC2)c1N. The number of carbonyl (C=O) groups excluding carboxylic acids is 2. The van der Waals surface area contributed by atoms with Crippen LogP contribution in [-0.4, -0.2) is 30.9 Å². The third kappa shape index (κ3) is 3.04. The van der Waals surface area contributed by atoms with Crippen LogP contribution in [-0.2, 0) is 0 Å². The number of nitrogens with two attached hydrogens (primary N) is 1. The van der Waals surface area contributed by atoms with Gasteiger partial charge in [0.05, 0.1) is 11.3 Å². The maximum atomic E-state index is 12.1. The van der Waals surface area contributed by atoms with Gasteiger partial charge < -0.3 is 21.7 Å². The minimum atomic E-state index is -0.285. The van der Waals surface area contributed by atoms with Gasteiger partial charge in [-0.2, -0.15) is 0 Å². The van der Waals surface area contributed by atoms with Crippen LogP contribution in [0.15, 0.2) is 0 Å². The zero-order valence-corrected chi connectivity index (χ0v) is 12.7. The first-order valence-corrected chi connectivity index (χ1v) is 7.47. The van der Waals surface area contributed by atoms with Gasteiger partial charge in [0.1, 0.15) is 9.88 Å². The van der Waals surface area contributed by atoms with Gasteiger partial charge >= 0.3 is 0 Å². The molecule has 1 aliphatic rings. The van der Waals surface area contributed by atoms with E-state index in [9.17, 15) is 9.59 Å². The summed E-state index contributed by atoms with van der Waals surface area (Å²) in [5, 5.41) is 9.26. The number of carbonyl (C=O) groups is 2. The van der Waals surface area contributed by atoms with E-state index in [1.165, 1.54) is 11.3 Å². The molecule has 1 aromatic rings. The fourth-order valence-corrected chi connectivity index (χ4v) is 2.97. The Balaban J connectivity index is 2.34. The number of thiophene rings is 1. The fourth-order valence-electron chi connectivity index (χ4n) is 1.81. The van der Waals surface area contributed by atoms with Crippen LogP contribution in [0.5, 0.6) is 0 Å². The number of anilines is 2. The molecule has 0 saturated heterocycles. The molecule has 6 nitrogen and oxygen atoms in total. The standard InChI is InChI=1S/C13H20N4O2S/c1-6(2)16-13-8(11(18)15-3)9(14)10(20-13)12(19)17-7-4-5-7/h6-7,16H,4-5,14H2,1-3H3,(H,15,18)(H,17,19). The summed E-state index contributed by atoms with van der Waals surface area (Å²) in [5.41, 5.74) is 6.60. The second-order valence-corrected chi connectivity index (χ2v) is 6.20. The Morgan fingerprint density at radius 3 is 2.45 bits per heavy atom. The molecule has 1 heterocycles. The summed E-state index contributed by atoms with van der Waals surface area (Å²) < 4.78 is 0. The Labute approximate surface area is 122 Å². The van der Waals surface area contributed by atoms with Crippen molar-refractivity contribution in [2.75, 3.05) is 18.1 Å². The molecule has 2 rings (SSSR count). The molecule has 0 aliphatic heterocycles. The molecular weight excluding hydrogens is 276 g/mol. The normalized spacial score (nSPS) is 14.2. The molecule has 2 amide bonds. The van der Waals surface area contributed by atoms with Crippen LogP contribution in [0.1, 0.15) is 46.7 Å². The van der Waals surface area contributed by atoms with Crippen LogP contribution in [0.25, 0.3) is 0 Å². The van der Waals surface area contributed by atoms with Gasteiger partial charge in [-0.1, -0.05) is 0 Å². The minimum Gasteiger partial charge on any atom is -0.397 e. The van der Waals surface area contributed by atoms with Crippen LogP contribution in [0.4, 0.5) is 10.7 Å². The van der Waals surface area contributed by atoms with Crippen molar-refractivity contribution in [2.45, 2.75) is 38.8 Å². The van der Waals surface area contributed by atoms with Gasteiger partial charge in [-0.15, -0.1) is 11.3 Å². The number of hydrogen-bond donors (Lipinski definition) is 4. The maximum absolute atomic E-state index is 12.1. The smallest absolute Gasteiger partial charge is 0.263 e. The predicted molar refractivity (Wildman–Crippen MR) is 81.4 cm³/mol. The highest BCUT2D eigenvalue weighted by Gasteiger charge is 2.29. The van der Waals surface area contributed by atoms with Crippen molar-refractivity contribution in [1.82, 2.24) is 10.6 Å². The first-order chi connectivity index (χ1) is 9.43. The Hall–Kier alpha value is -1.76. The molecule has 1 saturated carbocycles. The lowest BCUT2D eigenvalue weighted by Gasteiger charge is -2.09. The van der Waals surface area contributed by atoms with Crippen LogP contribution in [0.2, 0.25) is 0 Å². The molecule has 0 bridgehead atoms. The van der Waals surface area contributed by atoms with Crippen molar-refractivity contribution in [1.29, 1.82) is 0 Å². The molecule has 1 fully saturated rings. The first-order valence-electron chi connectivity index (χ1n) is 6.65. The zero-order valence-electron chi connectivity index (χ0n) is 11.9. The number of rotatable bonds is 5. The average Bonchev–Trinajstić information content (AvgIpc) is 3.12. The maximum Gasteiger partial charge on any atom is 0.263 e. The van der Waals surface area contributed by atoms with Gasteiger partial charge in [-0.05, 0) is 26.7 Å². The largest absolute Gasteiger partial charge is 0.397 e. The van der Waals surface area contributed by atoms with E-state index in [4.69, 9.17) is 5.73 Å². The van der Waals surface area contributed by atoms with Crippen LogP contribution >= 0.6 is 11.3 Å². The number of nitrogens with one attached hydrogen (secondary N) is 3. The molecule has 0 spiro atoms. The molecule has 1 aliphatic carbocycles. The van der Waals surface area contributed by atoms with E-state index in [0.717, 1.165) is 12.8 Å². The molecule has 5 N–H and O–H groups in total. The molecule has 0 radical (unpaired) electrons. The van der Waals surface area contributed by atoms with Crippen molar-refractivity contribution in [3.05, 3.63) is 10.4 Å². The van der Waals surface area contributed by atoms with E-state index in [0.29, 0.717) is 15.4 Å². The minimum absolute atomic E-state index is 0.149. The summed E-state index contributed by atoms with van der Waals surface area (Å²) in [6.45, 7) is 3.93. The van der Waals surface area contributed by atoms with E-state index in [1.807, 2.05) is 13.8 Å². The Kier molecular flexibility index (Phi) is 4.17. The first kappa shape index (κ1) is 14.6. The third-order valence-electron chi connectivity index (χ3n) is 2.94. The molecule has 0 aromatic carbocycles. The molecule has 20 heavy (non-hydrogen) atoms. The summed E-state index contributed by atoms with van der Waals surface area (Å²) in [7, 11) is 1.54. The van der Waals surface area contributed by atoms with Crippen molar-refractivity contribution in [2.24, 2.45) is 0 Å². The number of nitrogen functional groups attached to an aromatic ring is 1. The number of amides is 2. The van der Waals surface area contributed by atoms with Crippen molar-refractivity contribution < 1.29 is 9.59 Å². The van der Waals surface area contributed by atoms with Gasteiger partial charge in [-0.25, -0.2) is 0 Å². The van der Waals surface area contributed by atoms with E-state index in [1.54, 1.807) is 7.05 Å². The summed E-state index contributed by atoms with van der Waals surface area (Å²) in [5.74, 6) is -0.482. The Bertz CT molecular complexity index is 535. The van der Waals surface area contributed by atoms with Crippen LogP contribution in [0, 0.1) is 0 Å². The monoisotopic (exact) mass is 296 g/mol. The van der Waals surface area contributed by atoms with Gasteiger partial charge in [0, 0.05) is 19.1 Å². The second-order valence-electron chi connectivity index (χ2n) is 5.17. The van der Waals surface area contributed by atoms with E-state index < -0.39 is 0 Å². The molecule has 0 atom stereocenters. The van der Waals surface area contributed by atoms with Gasteiger partial charge in [0.2, 0.25) is 0 Å². The highest BCUT2D eigenvalue weighted by molar-refractivity contribution is 7.19. The lowest BCUT2D eigenvalue weighted by atomic mass is 10.2. The van der Waals surface area contributed by atoms with E-state index in [-0.39, 0.29) is 29.6 Å². The summed E-state index contributed by atoms with van der Waals surface area (Å²) in [6, 6.07) is 0.407. The zero-order chi connectivity index (χ0) is 14.9. The van der Waals surface area contributed by atoms with E-state index >= 15 is 0 Å². The lowest BCUT2D eigenvalue weighted by molar-refractivity contribution is 0.0955. The summed E-state index contributed by atoms with van der Waals surface area (Å²) >= 11 is 1.23. The molecule has 0 unspecified atom stereocenters. The van der Waals surface area contributed by atoms with Crippen molar-refractivity contribution in [3.8, 4) is 0 Å². The van der Waals surface area contributed by atoms with Crippen molar-refractivity contribution >= 4 is 33.8 Å². The predicted octanol–water partition coefficient (Wildman–Crippen LogP) is 1.40. The van der Waals surface area contributed by atoms with Gasteiger partial charge in [0.25, 0.3) is 11.8 Å². The molecule has 7 heteroatoms. The quantitative estimate of drug-likeness (QED) is 0.660. The fraction of sp³-hybridized carbons (Fsp3) is 0.538. The van der Waals surface area contributed by atoms with Crippen molar-refractivity contribution in [3.63, 3.8) is 0 Å². The van der Waals surface area contributed by atoms with Gasteiger partial charge in [0.15, 0.2) is 0 Å². The number of hydrogen-bond acceptors (Lipinski definition) is 5. The third-order valence-corrected chi connectivity index (χ3v) is 4.07. The Morgan fingerprint density at radius 1 is 1.30 bits per heavy atom. The van der Waals surface area contributed by atoms with Crippen LogP contribution < -0.4 is 21.7 Å². The highest BCUT2D eigenvalue weighted by Crippen LogP contribution is 2.36. The Morgan fingerprint density at radius 2 is 1.95 bits per heavy atom. The molecular formula is C13H20N4O2S.